The molecule has 3 fully saturated rings. The summed E-state index contributed by atoms with van der Waals surface area (Å²) in [6, 6.07) is 49.6. The number of aromatic nitrogens is 6. The van der Waals surface area contributed by atoms with Crippen molar-refractivity contribution in [3.63, 3.8) is 0 Å². The number of phenols is 2. The van der Waals surface area contributed by atoms with E-state index >= 15 is 0 Å². The molecule has 0 bridgehead atoms. The van der Waals surface area contributed by atoms with Crippen LogP contribution in [-0.4, -0.2) is 184 Å². The second-order valence-electron chi connectivity index (χ2n) is 38.4. The van der Waals surface area contributed by atoms with Crippen LogP contribution in [0.5, 0.6) is 28.7 Å². The highest BCUT2D eigenvalue weighted by atomic mass is 35.5. The van der Waals surface area contributed by atoms with E-state index in [-0.39, 0.29) is 75.2 Å². The number of carbonyl (C=O) groups excluding carboxylic acids is 5. The summed E-state index contributed by atoms with van der Waals surface area (Å²) in [5, 5.41) is 66.8. The van der Waals surface area contributed by atoms with Gasteiger partial charge in [-0.2, -0.15) is 10.2 Å². The third kappa shape index (κ3) is 25.8. The van der Waals surface area contributed by atoms with Crippen LogP contribution in [-0.2, 0) is 86.7 Å². The second kappa shape index (κ2) is 45.6. The Labute approximate surface area is 830 Å². The maximum absolute atomic E-state index is 14.7. The number of halogens is 3. The fraction of sp³-hybridized carbons (Fsp3) is 0.398. The third-order valence-corrected chi connectivity index (χ3v) is 28.2. The normalized spacial score (nSPS) is 16.1. The van der Waals surface area contributed by atoms with Crippen LogP contribution in [0.15, 0.2) is 175 Å². The Kier molecular flexibility index (Phi) is 33.8. The molecule has 734 valence electrons. The van der Waals surface area contributed by atoms with Crippen molar-refractivity contribution in [3.8, 4) is 94.4 Å². The number of β-amino-alcohol motifs (C(OH)–C–C–N with tert-alkyl or cyclic N) is 2. The highest BCUT2D eigenvalue weighted by Gasteiger charge is 2.54. The summed E-state index contributed by atoms with van der Waals surface area (Å²) in [5.41, 5.74) is 19.4. The number of nitrogens with one attached hydrogen (secondary N) is 4. The van der Waals surface area contributed by atoms with E-state index in [9.17, 15) is 48.8 Å². The Morgan fingerprint density at radius 1 is 0.504 bits per heavy atom. The van der Waals surface area contributed by atoms with E-state index in [1.807, 2.05) is 209 Å². The van der Waals surface area contributed by atoms with Crippen LogP contribution >= 0.6 is 45.9 Å². The Bertz CT molecular complexity index is 6350. The molecular formula is C108H125Cl2FN12O14S2. The molecular weight excluding hydrogens is 1840 g/mol. The standard InChI is InChI=1S/C56H64ClFN6O8S.C52H61ClN6O6S/c1-33-25-38(16-18-43(33)57)48-46(19-17-42(49(48)66)44-26-34(2)62-63(44)7)72-31-37-12-10-36(11-13-37)9-8-22-70-23-24-71-47-27-39(50-35(3)60-32-73-50)14-15-40(47)29-59-52(67)45-28-41(65)30-64(45)53(68)51(55(4,5)6)61-54(69)56(58)20-21-56;1-32-25-39(18-20-42(32)53)46-45(21-19-41(47(46)61)43-26-33(2)57-58(43)7)65-30-37-12-10-35(11-13-37)9-8-23-64-24-22-54-49(52(4,5)6)51(63)59-29-40(60)27-44(59)50(62)55-28-36-14-16-38(17-15-36)48-34(3)56-31-66-48/h10-19,25-27,32,41,45,51,65-66H,8-9,20-24,28-31H2,1-7H3,(H,59,67)(H,61,69);10-21,25-26,31,40,44,49,54,60-61H,8-9,22-24,27-30H2,1-7H3,(H,55,62)/t41-,45+,51-;40-,44+,49-/m11/s1. The largest absolute Gasteiger partial charge is 0.506 e. The molecule has 5 amide bonds. The number of aliphatic hydroxyl groups excluding tert-OH is 2. The first kappa shape index (κ1) is 103. The molecule has 8 N–H and O–H groups in total. The fourth-order valence-electron chi connectivity index (χ4n) is 17.5. The minimum atomic E-state index is -1.98. The lowest BCUT2D eigenvalue weighted by Crippen LogP contribution is -2.59. The molecule has 4 aromatic heterocycles. The molecule has 0 unspecified atom stereocenters. The van der Waals surface area contributed by atoms with E-state index < -0.39 is 70.6 Å². The summed E-state index contributed by atoms with van der Waals surface area (Å²) in [5.74, 6) is -0.460. The number of phenolic OH excluding ortho intramolecular Hbond substituents is 2. The van der Waals surface area contributed by atoms with E-state index in [1.54, 1.807) is 47.0 Å². The summed E-state index contributed by atoms with van der Waals surface area (Å²) < 4.78 is 49.2. The molecule has 31 heteroatoms. The molecule has 0 radical (unpaired) electrons. The molecule has 26 nitrogen and oxygen atoms in total. The lowest BCUT2D eigenvalue weighted by Gasteiger charge is -2.35. The zero-order chi connectivity index (χ0) is 99.3. The second-order valence-corrected chi connectivity index (χ2v) is 41.0. The predicted molar refractivity (Wildman–Crippen MR) is 542 cm³/mol. The van der Waals surface area contributed by atoms with Gasteiger partial charge in [-0.05, 0) is 219 Å². The van der Waals surface area contributed by atoms with Crippen LogP contribution in [0.1, 0.15) is 147 Å². The molecule has 1 saturated carbocycles. The van der Waals surface area contributed by atoms with E-state index in [0.29, 0.717) is 108 Å². The molecule has 15 rings (SSSR count). The Hall–Kier alpha value is -11.9. The topological polar surface area (TPSA) is 328 Å². The number of nitrogens with zero attached hydrogens (tertiary/aromatic N) is 8. The Morgan fingerprint density at radius 2 is 0.942 bits per heavy atom. The first-order valence-electron chi connectivity index (χ1n) is 47.1. The molecule has 6 atom stereocenters. The van der Waals surface area contributed by atoms with Gasteiger partial charge in [-0.15, -0.1) is 22.7 Å². The molecule has 12 aromatic rings. The van der Waals surface area contributed by atoms with Crippen molar-refractivity contribution in [3.05, 3.63) is 252 Å². The van der Waals surface area contributed by atoms with Crippen molar-refractivity contribution in [1.29, 1.82) is 0 Å². The summed E-state index contributed by atoms with van der Waals surface area (Å²) in [6.07, 6.45) is 1.93. The van der Waals surface area contributed by atoms with E-state index in [2.05, 4.69) is 77.8 Å². The van der Waals surface area contributed by atoms with Gasteiger partial charge in [-0.1, -0.05) is 162 Å². The zero-order valence-corrected chi connectivity index (χ0v) is 84.4. The quantitative estimate of drug-likeness (QED) is 0.0167. The third-order valence-electron chi connectivity index (χ3n) is 25.4. The van der Waals surface area contributed by atoms with Gasteiger partial charge < -0.3 is 75.2 Å². The lowest BCUT2D eigenvalue weighted by atomic mass is 9.85. The number of ether oxygens (including phenoxy) is 5. The van der Waals surface area contributed by atoms with Gasteiger partial charge >= 0.3 is 0 Å². The molecule has 3 aliphatic rings. The van der Waals surface area contributed by atoms with E-state index in [1.165, 1.54) is 26.7 Å². The summed E-state index contributed by atoms with van der Waals surface area (Å²) in [6.45, 7) is 26.4. The highest BCUT2D eigenvalue weighted by molar-refractivity contribution is 7.13. The number of likely N-dealkylation sites (tertiary alicyclic amines) is 2. The number of aryl methyl sites for hydroxylation is 10. The lowest BCUT2D eigenvalue weighted by molar-refractivity contribution is -0.145. The minimum absolute atomic E-state index is 0.0175. The summed E-state index contributed by atoms with van der Waals surface area (Å²) in [7, 11) is 3.71. The van der Waals surface area contributed by atoms with Gasteiger partial charge in [0.2, 0.25) is 23.6 Å². The van der Waals surface area contributed by atoms with Crippen LogP contribution in [0.4, 0.5) is 4.39 Å². The molecule has 139 heavy (non-hydrogen) atoms. The van der Waals surface area contributed by atoms with Crippen molar-refractivity contribution in [2.45, 2.75) is 203 Å². The van der Waals surface area contributed by atoms with Gasteiger partial charge in [0.15, 0.2) is 5.67 Å². The maximum Gasteiger partial charge on any atom is 0.258 e. The first-order valence-corrected chi connectivity index (χ1v) is 49.6. The average Bonchev–Trinajstić information content (AvgIpc) is 1.42. The number of alkyl halides is 1. The van der Waals surface area contributed by atoms with E-state index in [4.69, 9.17) is 46.9 Å². The van der Waals surface area contributed by atoms with Crippen molar-refractivity contribution < 1.29 is 72.5 Å². The molecule has 2 saturated heterocycles. The summed E-state index contributed by atoms with van der Waals surface area (Å²) >= 11 is 15.9. The van der Waals surface area contributed by atoms with E-state index in [0.717, 1.165) is 125 Å². The number of hydrogen-bond acceptors (Lipinski definition) is 21. The number of rotatable bonds is 38. The Balaban J connectivity index is 0.000000223. The van der Waals surface area contributed by atoms with Crippen LogP contribution in [0.25, 0.3) is 65.6 Å². The Morgan fingerprint density at radius 3 is 1.39 bits per heavy atom. The average molecular weight is 1970 g/mol. The van der Waals surface area contributed by atoms with Crippen LogP contribution in [0.2, 0.25) is 10.0 Å². The van der Waals surface area contributed by atoms with Crippen LogP contribution < -0.4 is 35.5 Å². The zero-order valence-electron chi connectivity index (χ0n) is 81.2. The first-order chi connectivity index (χ1) is 66.4. The molecule has 1 aliphatic carbocycles. The SMILES string of the molecule is Cc1cc(-c2ccc(OCc3ccc(CCCOCCN[C@H](C(=O)N4C[C@H](O)C[C@H]4C(=O)NCc4ccc(-c5scnc5C)cc4)C(C)(C)C)cc3)c(-c3ccc(Cl)c(C)c3)c2O)n(C)n1.Cc1cc(-c2ccc(OCc3ccc(CCCOCCOc4cc(-c5scnc5C)ccc4CNC(=O)[C@@H]4C[C@@H](O)CN4C(=O)[C@@H](NC(=O)C4(F)CC4)C(C)(C)C)cc3)c(-c3ccc(Cl)c(C)c3)c2O)n(C)n1. The van der Waals surface area contributed by atoms with Gasteiger partial charge in [0, 0.05) is 99.6 Å². The number of thiazole rings is 2. The number of carbonyl (C=O) groups is 5. The van der Waals surface area contributed by atoms with Crippen LogP contribution in [0, 0.1) is 52.4 Å². The van der Waals surface area contributed by atoms with Gasteiger partial charge in [0.05, 0.1) is 97.5 Å². The fourth-order valence-corrected chi connectivity index (χ4v) is 19.4. The summed E-state index contributed by atoms with van der Waals surface area (Å²) in [4.78, 5) is 81.7. The van der Waals surface area contributed by atoms with Gasteiger partial charge in [0.1, 0.15) is 66.7 Å². The predicted octanol–water partition coefficient (Wildman–Crippen LogP) is 18.4. The van der Waals surface area contributed by atoms with Crippen molar-refractivity contribution in [1.82, 2.24) is 60.6 Å². The van der Waals surface area contributed by atoms with Gasteiger partial charge in [0.25, 0.3) is 5.91 Å². The number of benzene rings is 8. The molecule has 6 heterocycles. The maximum atomic E-state index is 14.7. The van der Waals surface area contributed by atoms with Gasteiger partial charge in [-0.3, -0.25) is 33.3 Å². The number of hydrogen-bond donors (Lipinski definition) is 8. The number of aliphatic hydroxyl groups is 2. The monoisotopic (exact) mass is 1970 g/mol. The van der Waals surface area contributed by atoms with Gasteiger partial charge in [-0.25, -0.2) is 14.4 Å². The minimum Gasteiger partial charge on any atom is -0.506 e. The van der Waals surface area contributed by atoms with Crippen molar-refractivity contribution in [2.75, 3.05) is 52.7 Å². The van der Waals surface area contributed by atoms with Crippen LogP contribution in [0.3, 0.4) is 0 Å². The molecule has 2 aliphatic heterocycles. The number of aromatic hydroxyl groups is 2. The smallest absolute Gasteiger partial charge is 0.258 e. The molecule has 0 spiro atoms. The number of amides is 5. The van der Waals surface area contributed by atoms with Crippen molar-refractivity contribution >= 4 is 75.4 Å². The van der Waals surface area contributed by atoms with Crippen molar-refractivity contribution in [2.24, 2.45) is 24.9 Å². The molecule has 8 aromatic carbocycles. The highest BCUT2D eigenvalue weighted by Crippen LogP contribution is 2.48.